The highest BCUT2D eigenvalue weighted by Crippen LogP contribution is 2.21. The lowest BCUT2D eigenvalue weighted by molar-refractivity contribution is 0.526. The van der Waals surface area contributed by atoms with E-state index in [-0.39, 0.29) is 5.41 Å². The largest absolute Gasteiger partial charge is 0.354 e. The second-order valence-electron chi connectivity index (χ2n) is 7.08. The maximum Gasteiger partial charge on any atom is 0.178 e. The first-order chi connectivity index (χ1) is 10.8. The van der Waals surface area contributed by atoms with Gasteiger partial charge in [-0.1, -0.05) is 50.6 Å². The molecule has 120 valence electrons. The predicted molar refractivity (Wildman–Crippen MR) is 92.8 cm³/mol. The SMILES string of the molecule is Cc1ccc(CN(C)c2ccc3nnc(C(C)(C)C)n3n2)cc1. The number of anilines is 1. The maximum atomic E-state index is 4.73. The van der Waals surface area contributed by atoms with Gasteiger partial charge in [-0.3, -0.25) is 0 Å². The van der Waals surface area contributed by atoms with Gasteiger partial charge >= 0.3 is 0 Å². The Morgan fingerprint density at radius 2 is 1.70 bits per heavy atom. The molecule has 5 nitrogen and oxygen atoms in total. The van der Waals surface area contributed by atoms with Crippen LogP contribution in [0.3, 0.4) is 0 Å². The Hall–Kier alpha value is -2.43. The van der Waals surface area contributed by atoms with Crippen LogP contribution < -0.4 is 4.90 Å². The summed E-state index contributed by atoms with van der Waals surface area (Å²) < 4.78 is 1.85. The average molecular weight is 309 g/mol. The lowest BCUT2D eigenvalue weighted by atomic mass is 9.96. The summed E-state index contributed by atoms with van der Waals surface area (Å²) in [4.78, 5) is 2.14. The van der Waals surface area contributed by atoms with Crippen LogP contribution in [-0.4, -0.2) is 26.9 Å². The van der Waals surface area contributed by atoms with Gasteiger partial charge in [0.1, 0.15) is 5.82 Å². The molecule has 0 saturated heterocycles. The van der Waals surface area contributed by atoms with Crippen LogP contribution >= 0.6 is 0 Å². The zero-order valence-corrected chi connectivity index (χ0v) is 14.4. The van der Waals surface area contributed by atoms with Crippen LogP contribution in [0.4, 0.5) is 5.82 Å². The molecule has 23 heavy (non-hydrogen) atoms. The molecule has 1 aromatic carbocycles. The molecule has 0 amide bonds. The van der Waals surface area contributed by atoms with Gasteiger partial charge < -0.3 is 4.90 Å². The van der Waals surface area contributed by atoms with Crippen LogP contribution in [0.1, 0.15) is 37.7 Å². The van der Waals surface area contributed by atoms with Crippen molar-refractivity contribution in [1.82, 2.24) is 19.8 Å². The molecule has 0 radical (unpaired) electrons. The van der Waals surface area contributed by atoms with E-state index in [9.17, 15) is 0 Å². The van der Waals surface area contributed by atoms with Crippen molar-refractivity contribution in [2.75, 3.05) is 11.9 Å². The van der Waals surface area contributed by atoms with E-state index in [1.54, 1.807) is 0 Å². The van der Waals surface area contributed by atoms with Crippen LogP contribution in [0.25, 0.3) is 5.65 Å². The number of hydrogen-bond donors (Lipinski definition) is 0. The number of aromatic nitrogens is 4. The van der Waals surface area contributed by atoms with E-state index in [0.717, 1.165) is 23.8 Å². The van der Waals surface area contributed by atoms with Crippen molar-refractivity contribution in [3.63, 3.8) is 0 Å². The first-order valence-corrected chi connectivity index (χ1v) is 7.84. The fourth-order valence-corrected chi connectivity index (χ4v) is 2.50. The van der Waals surface area contributed by atoms with Gasteiger partial charge in [0, 0.05) is 19.0 Å². The quantitative estimate of drug-likeness (QED) is 0.744. The van der Waals surface area contributed by atoms with Gasteiger partial charge in [0.05, 0.1) is 0 Å². The van der Waals surface area contributed by atoms with Gasteiger partial charge in [0.2, 0.25) is 0 Å². The Bertz CT molecular complexity index is 812. The maximum absolute atomic E-state index is 4.73. The summed E-state index contributed by atoms with van der Waals surface area (Å²) in [6.45, 7) is 9.27. The Labute approximate surface area is 137 Å². The molecule has 0 bridgehead atoms. The molecule has 0 fully saturated rings. The molecule has 3 rings (SSSR count). The van der Waals surface area contributed by atoms with Crippen molar-refractivity contribution >= 4 is 11.5 Å². The Kier molecular flexibility index (Phi) is 3.80. The average Bonchev–Trinajstić information content (AvgIpc) is 2.92. The van der Waals surface area contributed by atoms with E-state index in [1.807, 2.05) is 16.6 Å². The minimum absolute atomic E-state index is 0.0967. The summed E-state index contributed by atoms with van der Waals surface area (Å²) >= 11 is 0. The highest BCUT2D eigenvalue weighted by Gasteiger charge is 2.22. The molecule has 0 atom stereocenters. The van der Waals surface area contributed by atoms with Gasteiger partial charge in [-0.25, -0.2) is 0 Å². The van der Waals surface area contributed by atoms with Gasteiger partial charge in [0.15, 0.2) is 11.5 Å². The zero-order valence-electron chi connectivity index (χ0n) is 14.4. The highest BCUT2D eigenvalue weighted by atomic mass is 15.4. The lowest BCUT2D eigenvalue weighted by Crippen LogP contribution is -2.21. The van der Waals surface area contributed by atoms with Gasteiger partial charge in [-0.15, -0.1) is 15.3 Å². The second-order valence-corrected chi connectivity index (χ2v) is 7.08. The molecular weight excluding hydrogens is 286 g/mol. The minimum Gasteiger partial charge on any atom is -0.354 e. The molecular formula is C18H23N5. The smallest absolute Gasteiger partial charge is 0.178 e. The Balaban J connectivity index is 1.91. The van der Waals surface area contributed by atoms with Crippen molar-refractivity contribution in [2.45, 2.75) is 39.7 Å². The van der Waals surface area contributed by atoms with Gasteiger partial charge in [-0.2, -0.15) is 4.52 Å². The molecule has 0 aliphatic carbocycles. The van der Waals surface area contributed by atoms with Crippen molar-refractivity contribution in [3.05, 3.63) is 53.3 Å². The highest BCUT2D eigenvalue weighted by molar-refractivity contribution is 5.46. The number of hydrogen-bond acceptors (Lipinski definition) is 4. The van der Waals surface area contributed by atoms with E-state index >= 15 is 0 Å². The number of rotatable bonds is 3. The normalized spacial score (nSPS) is 11.9. The summed E-state index contributed by atoms with van der Waals surface area (Å²) in [6, 6.07) is 12.5. The van der Waals surface area contributed by atoms with Gasteiger partial charge in [0.25, 0.3) is 0 Å². The number of benzene rings is 1. The minimum atomic E-state index is -0.0967. The van der Waals surface area contributed by atoms with Crippen LogP contribution in [0, 0.1) is 6.92 Å². The molecule has 2 aromatic heterocycles. The summed E-state index contributed by atoms with van der Waals surface area (Å²) in [5, 5.41) is 13.2. The Morgan fingerprint density at radius 1 is 1.00 bits per heavy atom. The summed E-state index contributed by atoms with van der Waals surface area (Å²) in [6.07, 6.45) is 0. The monoisotopic (exact) mass is 309 g/mol. The fraction of sp³-hybridized carbons (Fsp3) is 0.389. The molecule has 0 aliphatic heterocycles. The van der Waals surface area contributed by atoms with E-state index in [0.29, 0.717) is 0 Å². The molecule has 2 heterocycles. The molecule has 5 heteroatoms. The van der Waals surface area contributed by atoms with Crippen LogP contribution in [0.15, 0.2) is 36.4 Å². The van der Waals surface area contributed by atoms with Crippen molar-refractivity contribution in [2.24, 2.45) is 0 Å². The first kappa shape index (κ1) is 15.5. The first-order valence-electron chi connectivity index (χ1n) is 7.84. The standard InChI is InChI=1S/C18H23N5/c1-13-6-8-14(9-7-13)12-22(5)16-11-10-15-19-20-17(18(2,3)4)23(15)21-16/h6-11H,12H2,1-5H3. The molecule has 0 aliphatic rings. The van der Waals surface area contributed by atoms with Crippen molar-refractivity contribution in [1.29, 1.82) is 0 Å². The summed E-state index contributed by atoms with van der Waals surface area (Å²) in [5.74, 6) is 1.78. The van der Waals surface area contributed by atoms with Crippen molar-refractivity contribution in [3.8, 4) is 0 Å². The zero-order chi connectivity index (χ0) is 16.6. The van der Waals surface area contributed by atoms with E-state index in [1.165, 1.54) is 11.1 Å². The molecule has 0 unspecified atom stereocenters. The number of aryl methyl sites for hydroxylation is 1. The third-order valence-electron chi connectivity index (χ3n) is 3.85. The Morgan fingerprint density at radius 3 is 2.35 bits per heavy atom. The topological polar surface area (TPSA) is 46.3 Å². The van der Waals surface area contributed by atoms with Gasteiger partial charge in [-0.05, 0) is 24.6 Å². The third-order valence-corrected chi connectivity index (χ3v) is 3.85. The predicted octanol–water partition coefficient (Wildman–Crippen LogP) is 3.37. The summed E-state index contributed by atoms with van der Waals surface area (Å²) in [7, 11) is 2.05. The number of nitrogens with zero attached hydrogens (tertiary/aromatic N) is 5. The number of fused-ring (bicyclic) bond motifs is 1. The second kappa shape index (κ2) is 5.65. The van der Waals surface area contributed by atoms with E-state index in [4.69, 9.17) is 5.10 Å². The van der Waals surface area contributed by atoms with Crippen LogP contribution in [-0.2, 0) is 12.0 Å². The summed E-state index contributed by atoms with van der Waals surface area (Å²) in [5.41, 5.74) is 3.22. The van der Waals surface area contributed by atoms with Crippen molar-refractivity contribution < 1.29 is 0 Å². The molecule has 0 spiro atoms. The lowest BCUT2D eigenvalue weighted by Gasteiger charge is -2.20. The third kappa shape index (κ3) is 3.18. The molecule has 0 N–H and O–H groups in total. The van der Waals surface area contributed by atoms with Crippen LogP contribution in [0.2, 0.25) is 0 Å². The van der Waals surface area contributed by atoms with Crippen LogP contribution in [0.5, 0.6) is 0 Å². The molecule has 0 saturated carbocycles. The van der Waals surface area contributed by atoms with E-state index in [2.05, 4.69) is 74.1 Å². The van der Waals surface area contributed by atoms with E-state index < -0.39 is 0 Å². The fourth-order valence-electron chi connectivity index (χ4n) is 2.50. The molecule has 3 aromatic rings.